The van der Waals surface area contributed by atoms with E-state index < -0.39 is 12.0 Å². The molecule has 0 spiro atoms. The van der Waals surface area contributed by atoms with Crippen molar-refractivity contribution in [3.63, 3.8) is 0 Å². The normalized spacial score (nSPS) is 27.7. The number of hydrogen-bond donors (Lipinski definition) is 2. The summed E-state index contributed by atoms with van der Waals surface area (Å²) in [6.45, 7) is 4.16. The van der Waals surface area contributed by atoms with Gasteiger partial charge in [-0.2, -0.15) is 0 Å². The predicted molar refractivity (Wildman–Crippen MR) is 75.2 cm³/mol. The zero-order valence-corrected chi connectivity index (χ0v) is 12.4. The van der Waals surface area contributed by atoms with Gasteiger partial charge in [-0.15, -0.1) is 0 Å². The average molecular weight is 283 g/mol. The van der Waals surface area contributed by atoms with Gasteiger partial charge in [0.1, 0.15) is 6.04 Å². The number of rotatable bonds is 5. The molecule has 0 bridgehead atoms. The lowest BCUT2D eigenvalue weighted by Gasteiger charge is -2.33. The molecule has 114 valence electrons. The molecule has 2 N–H and O–H groups in total. The number of carbonyl (C=O) groups excluding carboxylic acids is 2. The lowest BCUT2D eigenvalue weighted by Crippen LogP contribution is -2.52. The molecular weight excluding hydrogens is 258 g/mol. The molecule has 2 heterocycles. The highest BCUT2D eigenvalue weighted by Crippen LogP contribution is 2.26. The summed E-state index contributed by atoms with van der Waals surface area (Å²) in [5, 5.41) is 6.08. The summed E-state index contributed by atoms with van der Waals surface area (Å²) < 4.78 is 4.73. The Balaban J connectivity index is 1.85. The summed E-state index contributed by atoms with van der Waals surface area (Å²) in [7, 11) is 1.34. The number of carbonyl (C=O) groups is 2. The van der Waals surface area contributed by atoms with Crippen molar-refractivity contribution in [2.45, 2.75) is 50.7 Å². The van der Waals surface area contributed by atoms with Crippen LogP contribution >= 0.6 is 0 Å². The monoisotopic (exact) mass is 283 g/mol. The Hall–Kier alpha value is -1.14. The first-order chi connectivity index (χ1) is 9.61. The maximum absolute atomic E-state index is 11.6. The molecule has 0 aliphatic carbocycles. The van der Waals surface area contributed by atoms with E-state index >= 15 is 0 Å². The van der Waals surface area contributed by atoms with Crippen LogP contribution in [0, 0.1) is 0 Å². The van der Waals surface area contributed by atoms with Crippen molar-refractivity contribution >= 4 is 11.9 Å². The number of nitrogens with one attached hydrogen (secondary N) is 2. The largest absolute Gasteiger partial charge is 0.467 e. The number of amides is 1. The predicted octanol–water partition coefficient (Wildman–Crippen LogP) is -0.119. The van der Waals surface area contributed by atoms with Crippen molar-refractivity contribution in [1.82, 2.24) is 15.5 Å². The minimum absolute atomic E-state index is 0.215. The second-order valence-electron chi connectivity index (χ2n) is 5.68. The van der Waals surface area contributed by atoms with Crippen LogP contribution in [-0.4, -0.2) is 61.6 Å². The lowest BCUT2D eigenvalue weighted by molar-refractivity contribution is -0.144. The standard InChI is InChI=1S/C14H25N3O3/c1-10(18)16-12(14(19)20-2)9-15-11-6-8-17-7-4-3-5-13(11)17/h11-13,15H,3-9H2,1-2H3,(H,16,18). The third kappa shape index (κ3) is 3.70. The Bertz CT molecular complexity index is 362. The first-order valence-electron chi connectivity index (χ1n) is 7.44. The number of esters is 1. The number of nitrogens with zero attached hydrogens (tertiary/aromatic N) is 1. The third-order valence-corrected chi connectivity index (χ3v) is 4.30. The van der Waals surface area contributed by atoms with E-state index in [1.807, 2.05) is 0 Å². The molecule has 2 rings (SSSR count). The van der Waals surface area contributed by atoms with Gasteiger partial charge in [-0.3, -0.25) is 9.69 Å². The first kappa shape index (κ1) is 15.3. The van der Waals surface area contributed by atoms with Gasteiger partial charge in [-0.1, -0.05) is 6.42 Å². The van der Waals surface area contributed by atoms with Crippen molar-refractivity contribution in [1.29, 1.82) is 0 Å². The van der Waals surface area contributed by atoms with Gasteiger partial charge < -0.3 is 15.4 Å². The highest BCUT2D eigenvalue weighted by Gasteiger charge is 2.35. The number of fused-ring (bicyclic) bond motifs is 1. The second-order valence-corrected chi connectivity index (χ2v) is 5.68. The molecule has 0 saturated carbocycles. The van der Waals surface area contributed by atoms with E-state index in [2.05, 4.69) is 15.5 Å². The highest BCUT2D eigenvalue weighted by molar-refractivity contribution is 5.83. The van der Waals surface area contributed by atoms with E-state index in [0.29, 0.717) is 18.6 Å². The maximum atomic E-state index is 11.6. The first-order valence-corrected chi connectivity index (χ1v) is 7.44. The van der Waals surface area contributed by atoms with Crippen molar-refractivity contribution in [3.05, 3.63) is 0 Å². The van der Waals surface area contributed by atoms with Gasteiger partial charge in [0.05, 0.1) is 7.11 Å². The van der Waals surface area contributed by atoms with E-state index in [4.69, 9.17) is 4.74 Å². The van der Waals surface area contributed by atoms with E-state index in [9.17, 15) is 9.59 Å². The van der Waals surface area contributed by atoms with Crippen LogP contribution in [0.25, 0.3) is 0 Å². The van der Waals surface area contributed by atoms with Gasteiger partial charge in [0.15, 0.2) is 0 Å². The molecule has 20 heavy (non-hydrogen) atoms. The Morgan fingerprint density at radius 1 is 1.30 bits per heavy atom. The number of ether oxygens (including phenoxy) is 1. The van der Waals surface area contributed by atoms with Gasteiger partial charge in [-0.05, 0) is 25.8 Å². The molecule has 1 amide bonds. The number of hydrogen-bond acceptors (Lipinski definition) is 5. The summed E-state index contributed by atoms with van der Waals surface area (Å²) in [5.41, 5.74) is 0. The molecule has 6 nitrogen and oxygen atoms in total. The van der Waals surface area contributed by atoms with Crippen LogP contribution in [0.2, 0.25) is 0 Å². The van der Waals surface area contributed by atoms with Crippen LogP contribution < -0.4 is 10.6 Å². The van der Waals surface area contributed by atoms with Crippen LogP contribution in [0.5, 0.6) is 0 Å². The summed E-state index contributed by atoms with van der Waals surface area (Å²) in [5.74, 6) is -0.612. The number of methoxy groups -OCH3 is 1. The van der Waals surface area contributed by atoms with Crippen LogP contribution in [0.1, 0.15) is 32.6 Å². The quantitative estimate of drug-likeness (QED) is 0.688. The molecule has 0 aromatic heterocycles. The van der Waals surface area contributed by atoms with Gasteiger partial charge >= 0.3 is 5.97 Å². The summed E-state index contributed by atoms with van der Waals surface area (Å²) in [6.07, 6.45) is 4.91. The maximum Gasteiger partial charge on any atom is 0.329 e. The Morgan fingerprint density at radius 2 is 2.10 bits per heavy atom. The molecule has 6 heteroatoms. The summed E-state index contributed by atoms with van der Waals surface area (Å²) in [4.78, 5) is 25.3. The van der Waals surface area contributed by atoms with E-state index in [-0.39, 0.29) is 5.91 Å². The van der Waals surface area contributed by atoms with Crippen LogP contribution in [0.15, 0.2) is 0 Å². The molecule has 0 aromatic rings. The van der Waals surface area contributed by atoms with Gasteiger partial charge in [0.2, 0.25) is 5.91 Å². The van der Waals surface area contributed by atoms with E-state index in [1.165, 1.54) is 39.8 Å². The average Bonchev–Trinajstić information content (AvgIpc) is 2.85. The van der Waals surface area contributed by atoms with Crippen molar-refractivity contribution in [2.24, 2.45) is 0 Å². The van der Waals surface area contributed by atoms with Gasteiger partial charge in [-0.25, -0.2) is 4.79 Å². The Kier molecular flexibility index (Phi) is 5.37. The third-order valence-electron chi connectivity index (χ3n) is 4.30. The SMILES string of the molecule is COC(=O)C(CNC1CCN2CCCCC12)NC(C)=O. The van der Waals surface area contributed by atoms with E-state index in [1.54, 1.807) is 0 Å². The summed E-state index contributed by atoms with van der Waals surface area (Å²) in [6, 6.07) is 0.394. The molecule has 2 saturated heterocycles. The molecular formula is C14H25N3O3. The van der Waals surface area contributed by atoms with Crippen LogP contribution in [0.3, 0.4) is 0 Å². The molecule has 2 aliphatic heterocycles. The smallest absolute Gasteiger partial charge is 0.329 e. The molecule has 0 aromatic carbocycles. The zero-order valence-electron chi connectivity index (χ0n) is 12.4. The molecule has 3 atom stereocenters. The molecule has 3 unspecified atom stereocenters. The highest BCUT2D eigenvalue weighted by atomic mass is 16.5. The molecule has 0 radical (unpaired) electrons. The Morgan fingerprint density at radius 3 is 2.80 bits per heavy atom. The fourth-order valence-electron chi connectivity index (χ4n) is 3.34. The van der Waals surface area contributed by atoms with Gasteiger partial charge in [0, 0.05) is 32.1 Å². The topological polar surface area (TPSA) is 70.7 Å². The molecule has 2 aliphatic rings. The minimum atomic E-state index is -0.602. The fraction of sp³-hybridized carbons (Fsp3) is 0.857. The van der Waals surface area contributed by atoms with Crippen LogP contribution in [-0.2, 0) is 14.3 Å². The van der Waals surface area contributed by atoms with Crippen molar-refractivity contribution in [3.8, 4) is 0 Å². The lowest BCUT2D eigenvalue weighted by atomic mass is 9.99. The summed E-state index contributed by atoms with van der Waals surface area (Å²) >= 11 is 0. The van der Waals surface area contributed by atoms with Gasteiger partial charge in [0.25, 0.3) is 0 Å². The van der Waals surface area contributed by atoms with Crippen LogP contribution in [0.4, 0.5) is 0 Å². The second kappa shape index (κ2) is 7.04. The molecule has 2 fully saturated rings. The fourth-order valence-corrected chi connectivity index (χ4v) is 3.34. The Labute approximate surface area is 120 Å². The van der Waals surface area contributed by atoms with Crippen molar-refractivity contribution in [2.75, 3.05) is 26.7 Å². The van der Waals surface area contributed by atoms with E-state index in [0.717, 1.165) is 13.0 Å². The minimum Gasteiger partial charge on any atom is -0.467 e. The number of piperidine rings is 1. The zero-order chi connectivity index (χ0) is 14.5. The van der Waals surface area contributed by atoms with Crippen molar-refractivity contribution < 1.29 is 14.3 Å².